The Morgan fingerprint density at radius 3 is 1.91 bits per heavy atom. The smallest absolute Gasteiger partial charge is 0.223 e. The van der Waals surface area contributed by atoms with Gasteiger partial charge in [-0.05, 0) is 6.04 Å². The summed E-state index contributed by atoms with van der Waals surface area (Å²) in [5.41, 5.74) is 0. The highest BCUT2D eigenvalue weighted by atomic mass is 28.3. The molecule has 3 heteroatoms. The summed E-state index contributed by atoms with van der Waals surface area (Å²) in [6.07, 6.45) is 3.77. The number of nitrogens with one attached hydrogen (secondary N) is 2. The van der Waals surface area contributed by atoms with Gasteiger partial charge in [-0.2, -0.15) is 0 Å². The fourth-order valence-corrected chi connectivity index (χ4v) is 2.11. The number of hydrogen-bond acceptors (Lipinski definition) is 2. The van der Waals surface area contributed by atoms with Crippen LogP contribution in [0.25, 0.3) is 0 Å². The van der Waals surface area contributed by atoms with E-state index < -0.39 is 9.12 Å². The molecule has 2 N–H and O–H groups in total. The summed E-state index contributed by atoms with van der Waals surface area (Å²) in [7, 11) is -0.552. The van der Waals surface area contributed by atoms with Crippen LogP contribution in [0, 0.1) is 0 Å². The van der Waals surface area contributed by atoms with Crippen molar-refractivity contribution in [1.29, 1.82) is 0 Å². The topological polar surface area (TPSA) is 24.1 Å². The zero-order chi connectivity index (χ0) is 8.53. The van der Waals surface area contributed by atoms with E-state index in [1.165, 1.54) is 6.04 Å². The van der Waals surface area contributed by atoms with E-state index in [1.807, 2.05) is 12.2 Å². The van der Waals surface area contributed by atoms with E-state index in [-0.39, 0.29) is 0 Å². The summed E-state index contributed by atoms with van der Waals surface area (Å²) in [5.74, 6) is 0. The van der Waals surface area contributed by atoms with Crippen molar-refractivity contribution in [3.63, 3.8) is 0 Å². The molecular weight excluding hydrogens is 152 g/mol. The van der Waals surface area contributed by atoms with Gasteiger partial charge in [-0.25, -0.2) is 0 Å². The minimum Gasteiger partial charge on any atom is -0.322 e. The van der Waals surface area contributed by atoms with E-state index >= 15 is 0 Å². The molecule has 0 fully saturated rings. The van der Waals surface area contributed by atoms with Gasteiger partial charge in [-0.1, -0.05) is 19.1 Å². The molecule has 0 aromatic carbocycles. The predicted octanol–water partition coefficient (Wildman–Crippen LogP) is 1.05. The second-order valence-electron chi connectivity index (χ2n) is 2.17. The zero-order valence-corrected chi connectivity index (χ0v) is 8.19. The first-order valence-electron chi connectivity index (χ1n) is 3.90. The average molecular weight is 169 g/mol. The molecule has 0 atom stereocenters. The van der Waals surface area contributed by atoms with Gasteiger partial charge >= 0.3 is 0 Å². The molecule has 0 aromatic heterocycles. The molecular formula is C8H17N2Si. The second kappa shape index (κ2) is 7.72. The van der Waals surface area contributed by atoms with Crippen LogP contribution >= 0.6 is 0 Å². The Labute approximate surface area is 71.2 Å². The third kappa shape index (κ3) is 6.03. The molecule has 0 heterocycles. The van der Waals surface area contributed by atoms with Crippen LogP contribution in [-0.2, 0) is 0 Å². The molecule has 2 nitrogen and oxygen atoms in total. The first kappa shape index (κ1) is 10.6. The van der Waals surface area contributed by atoms with Crippen LogP contribution in [0.3, 0.4) is 0 Å². The molecule has 63 valence electrons. The molecule has 0 unspecified atom stereocenters. The van der Waals surface area contributed by atoms with Crippen LogP contribution in [0.4, 0.5) is 0 Å². The predicted molar refractivity (Wildman–Crippen MR) is 52.6 cm³/mol. The van der Waals surface area contributed by atoms with E-state index in [1.54, 1.807) is 0 Å². The van der Waals surface area contributed by atoms with Gasteiger partial charge in [0, 0.05) is 13.1 Å². The van der Waals surface area contributed by atoms with Crippen LogP contribution in [0.5, 0.6) is 0 Å². The van der Waals surface area contributed by atoms with E-state index in [0.29, 0.717) is 0 Å². The van der Waals surface area contributed by atoms with E-state index in [2.05, 4.69) is 30.0 Å². The normalized spacial score (nSPS) is 10.0. The second-order valence-corrected chi connectivity index (χ2v) is 4.54. The van der Waals surface area contributed by atoms with Crippen LogP contribution in [-0.4, -0.2) is 22.2 Å². The highest BCUT2D eigenvalue weighted by Gasteiger charge is 2.04. The maximum atomic E-state index is 3.65. The van der Waals surface area contributed by atoms with E-state index in [0.717, 1.165) is 13.1 Å². The lowest BCUT2D eigenvalue weighted by molar-refractivity contribution is 0.943. The van der Waals surface area contributed by atoms with Crippen LogP contribution in [0.2, 0.25) is 6.04 Å². The lowest BCUT2D eigenvalue weighted by Gasteiger charge is -2.12. The lowest BCUT2D eigenvalue weighted by atomic mass is 10.7. The van der Waals surface area contributed by atoms with Crippen molar-refractivity contribution in [2.75, 3.05) is 13.1 Å². The lowest BCUT2D eigenvalue weighted by Crippen LogP contribution is -2.46. The van der Waals surface area contributed by atoms with Gasteiger partial charge < -0.3 is 9.96 Å². The van der Waals surface area contributed by atoms with Gasteiger partial charge in [0.15, 0.2) is 0 Å². The highest BCUT2D eigenvalue weighted by Crippen LogP contribution is 1.81. The monoisotopic (exact) mass is 169 g/mol. The van der Waals surface area contributed by atoms with Crippen molar-refractivity contribution in [3.05, 3.63) is 25.3 Å². The SMILES string of the molecule is C=CCN[Si](CC)NCC=C. The van der Waals surface area contributed by atoms with Gasteiger partial charge in [0.05, 0.1) is 0 Å². The standard InChI is InChI=1S/C8H17N2Si/c1-4-7-9-11(6-3)10-8-5-2/h4-5,9-10H,1-2,6-8H2,3H3. The molecule has 0 amide bonds. The Hall–Kier alpha value is -0.383. The zero-order valence-electron chi connectivity index (χ0n) is 7.19. The molecule has 0 aliphatic carbocycles. The van der Waals surface area contributed by atoms with Gasteiger partial charge in [-0.3, -0.25) is 0 Å². The van der Waals surface area contributed by atoms with Gasteiger partial charge in [0.25, 0.3) is 0 Å². The summed E-state index contributed by atoms with van der Waals surface area (Å²) < 4.78 is 0. The van der Waals surface area contributed by atoms with E-state index in [9.17, 15) is 0 Å². The van der Waals surface area contributed by atoms with Crippen molar-refractivity contribution in [1.82, 2.24) is 9.96 Å². The molecule has 0 spiro atoms. The Kier molecular flexibility index (Phi) is 7.45. The first-order valence-corrected chi connectivity index (χ1v) is 5.61. The first-order chi connectivity index (χ1) is 5.35. The van der Waals surface area contributed by atoms with Crippen LogP contribution in [0.1, 0.15) is 6.92 Å². The van der Waals surface area contributed by atoms with Crippen molar-refractivity contribution in [2.45, 2.75) is 13.0 Å². The summed E-state index contributed by atoms with van der Waals surface area (Å²) in [6.45, 7) is 11.3. The molecule has 11 heavy (non-hydrogen) atoms. The van der Waals surface area contributed by atoms with Crippen molar-refractivity contribution in [3.8, 4) is 0 Å². The summed E-state index contributed by atoms with van der Waals surface area (Å²) >= 11 is 0. The highest BCUT2D eigenvalue weighted by molar-refractivity contribution is 6.53. The third-order valence-corrected chi connectivity index (χ3v) is 3.24. The van der Waals surface area contributed by atoms with Crippen LogP contribution in [0.15, 0.2) is 25.3 Å². The average Bonchev–Trinajstić information content (AvgIpc) is 2.05. The molecule has 0 aliphatic rings. The van der Waals surface area contributed by atoms with Crippen LogP contribution < -0.4 is 9.96 Å². The molecule has 1 radical (unpaired) electrons. The quantitative estimate of drug-likeness (QED) is 0.440. The fraction of sp³-hybridized carbons (Fsp3) is 0.500. The van der Waals surface area contributed by atoms with Crippen molar-refractivity contribution >= 4 is 9.12 Å². The van der Waals surface area contributed by atoms with Gasteiger partial charge in [0.1, 0.15) is 0 Å². The van der Waals surface area contributed by atoms with Gasteiger partial charge in [0.2, 0.25) is 9.12 Å². The summed E-state index contributed by atoms with van der Waals surface area (Å²) in [6, 6.07) is 1.17. The van der Waals surface area contributed by atoms with Crippen molar-refractivity contribution in [2.24, 2.45) is 0 Å². The number of rotatable bonds is 7. The molecule has 0 saturated heterocycles. The molecule has 0 rings (SSSR count). The maximum Gasteiger partial charge on any atom is 0.223 e. The fourth-order valence-electron chi connectivity index (χ4n) is 0.703. The largest absolute Gasteiger partial charge is 0.322 e. The minimum absolute atomic E-state index is 0.552. The third-order valence-electron chi connectivity index (χ3n) is 1.27. The molecule has 0 saturated carbocycles. The Morgan fingerprint density at radius 2 is 1.64 bits per heavy atom. The van der Waals surface area contributed by atoms with E-state index in [4.69, 9.17) is 0 Å². The number of hydrogen-bond donors (Lipinski definition) is 2. The Bertz CT molecular complexity index is 103. The van der Waals surface area contributed by atoms with Crippen molar-refractivity contribution < 1.29 is 0 Å². The maximum absolute atomic E-state index is 3.65. The Balaban J connectivity index is 3.39. The van der Waals surface area contributed by atoms with Gasteiger partial charge in [-0.15, -0.1) is 13.2 Å². The summed E-state index contributed by atoms with van der Waals surface area (Å²) in [5, 5.41) is 0. The molecule has 0 aliphatic heterocycles. The molecule has 0 aromatic rings. The Morgan fingerprint density at radius 1 is 1.18 bits per heavy atom. The minimum atomic E-state index is -0.552. The summed E-state index contributed by atoms with van der Waals surface area (Å²) in [4.78, 5) is 6.76. The molecule has 0 bridgehead atoms.